The molecule has 1 atom stereocenters. The minimum atomic E-state index is 0.342. The summed E-state index contributed by atoms with van der Waals surface area (Å²) in [5.74, 6) is 1.06. The fourth-order valence-electron chi connectivity index (χ4n) is 2.21. The Hall–Kier alpha value is -1.20. The number of aryl methyl sites for hydroxylation is 2. The molecule has 2 aromatic rings. The van der Waals surface area contributed by atoms with Crippen LogP contribution >= 0.6 is 11.3 Å². The van der Waals surface area contributed by atoms with Crippen LogP contribution in [0.3, 0.4) is 0 Å². The molecule has 1 unspecified atom stereocenters. The van der Waals surface area contributed by atoms with E-state index in [1.54, 1.807) is 6.33 Å². The van der Waals surface area contributed by atoms with E-state index < -0.39 is 0 Å². The lowest BCUT2D eigenvalue weighted by Crippen LogP contribution is -2.25. The van der Waals surface area contributed by atoms with Crippen LogP contribution in [0.25, 0.3) is 0 Å². The monoisotopic (exact) mass is 278 g/mol. The Kier molecular flexibility index (Phi) is 5.10. The van der Waals surface area contributed by atoms with E-state index in [1.807, 2.05) is 16.0 Å². The van der Waals surface area contributed by atoms with Crippen LogP contribution in [0, 0.1) is 6.92 Å². The average molecular weight is 278 g/mol. The van der Waals surface area contributed by atoms with Crippen LogP contribution in [-0.2, 0) is 13.0 Å². The summed E-state index contributed by atoms with van der Waals surface area (Å²) < 4.78 is 1.98. The molecule has 0 saturated heterocycles. The van der Waals surface area contributed by atoms with Crippen molar-refractivity contribution in [2.45, 2.75) is 46.2 Å². The summed E-state index contributed by atoms with van der Waals surface area (Å²) in [6.07, 6.45) is 3.69. The van der Waals surface area contributed by atoms with Gasteiger partial charge < -0.3 is 5.32 Å². The van der Waals surface area contributed by atoms with Crippen molar-refractivity contribution >= 4 is 11.3 Å². The predicted octanol–water partition coefficient (Wildman–Crippen LogP) is 2.95. The third-order valence-corrected chi connectivity index (χ3v) is 4.37. The molecule has 104 valence electrons. The van der Waals surface area contributed by atoms with Gasteiger partial charge in [-0.15, -0.1) is 11.3 Å². The molecule has 0 spiro atoms. The zero-order valence-electron chi connectivity index (χ0n) is 11.9. The van der Waals surface area contributed by atoms with Crippen molar-refractivity contribution in [2.24, 2.45) is 0 Å². The van der Waals surface area contributed by atoms with E-state index in [-0.39, 0.29) is 0 Å². The lowest BCUT2D eigenvalue weighted by molar-refractivity contribution is 0.501. The van der Waals surface area contributed by atoms with Crippen LogP contribution in [0.2, 0.25) is 0 Å². The molecule has 0 aliphatic rings. The summed E-state index contributed by atoms with van der Waals surface area (Å²) in [7, 11) is 0. The smallest absolute Gasteiger partial charge is 0.138 e. The number of hydrogen-bond acceptors (Lipinski definition) is 4. The van der Waals surface area contributed by atoms with Gasteiger partial charge in [0.15, 0.2) is 0 Å². The predicted molar refractivity (Wildman–Crippen MR) is 79.5 cm³/mol. The van der Waals surface area contributed by atoms with E-state index in [0.717, 1.165) is 31.8 Å². The summed E-state index contributed by atoms with van der Waals surface area (Å²) in [6, 6.07) is 2.53. The second-order valence-corrected chi connectivity index (χ2v) is 5.62. The average Bonchev–Trinajstić information content (AvgIpc) is 3.03. The van der Waals surface area contributed by atoms with Gasteiger partial charge in [-0.2, -0.15) is 5.10 Å². The maximum atomic E-state index is 4.39. The first-order valence-electron chi connectivity index (χ1n) is 6.90. The highest BCUT2D eigenvalue weighted by Gasteiger charge is 2.17. The van der Waals surface area contributed by atoms with Crippen molar-refractivity contribution in [3.63, 3.8) is 0 Å². The van der Waals surface area contributed by atoms with E-state index in [1.165, 1.54) is 10.4 Å². The van der Waals surface area contributed by atoms with Gasteiger partial charge in [0.25, 0.3) is 0 Å². The lowest BCUT2D eigenvalue weighted by Gasteiger charge is -2.18. The maximum absolute atomic E-state index is 4.39. The standard InChI is InChI=1S/C14H22N4S/c1-4-7-15-12(14-11(3)6-8-19-14)9-13-16-10-17-18(13)5-2/h6,8,10,12,15H,4-5,7,9H2,1-3H3. The molecule has 0 fully saturated rings. The van der Waals surface area contributed by atoms with Gasteiger partial charge in [-0.3, -0.25) is 4.68 Å². The molecule has 0 radical (unpaired) electrons. The number of nitrogens with one attached hydrogen (secondary N) is 1. The van der Waals surface area contributed by atoms with Gasteiger partial charge in [0.2, 0.25) is 0 Å². The zero-order chi connectivity index (χ0) is 13.7. The van der Waals surface area contributed by atoms with Crippen LogP contribution < -0.4 is 5.32 Å². The second-order valence-electron chi connectivity index (χ2n) is 4.67. The maximum Gasteiger partial charge on any atom is 0.138 e. The number of nitrogens with zero attached hydrogens (tertiary/aromatic N) is 3. The van der Waals surface area contributed by atoms with Gasteiger partial charge in [-0.05, 0) is 43.8 Å². The number of hydrogen-bond donors (Lipinski definition) is 1. The first kappa shape index (κ1) is 14.2. The highest BCUT2D eigenvalue weighted by molar-refractivity contribution is 7.10. The SMILES string of the molecule is CCCNC(Cc1ncnn1CC)c1sccc1C. The van der Waals surface area contributed by atoms with Crippen LogP contribution in [0.4, 0.5) is 0 Å². The molecule has 5 heteroatoms. The number of thiophene rings is 1. The fourth-order valence-corrected chi connectivity index (χ4v) is 3.21. The molecule has 0 bridgehead atoms. The molecule has 0 aromatic carbocycles. The van der Waals surface area contributed by atoms with Crippen LogP contribution in [0.1, 0.15) is 42.6 Å². The molecular weight excluding hydrogens is 256 g/mol. The first-order chi connectivity index (χ1) is 9.26. The quantitative estimate of drug-likeness (QED) is 0.846. The molecule has 2 rings (SSSR count). The first-order valence-corrected chi connectivity index (χ1v) is 7.78. The number of rotatable bonds is 7. The number of aromatic nitrogens is 3. The minimum Gasteiger partial charge on any atom is -0.309 e. The van der Waals surface area contributed by atoms with Gasteiger partial charge in [0.1, 0.15) is 12.2 Å². The van der Waals surface area contributed by atoms with E-state index >= 15 is 0 Å². The van der Waals surface area contributed by atoms with Crippen molar-refractivity contribution in [1.82, 2.24) is 20.1 Å². The van der Waals surface area contributed by atoms with Crippen LogP contribution in [0.5, 0.6) is 0 Å². The van der Waals surface area contributed by atoms with E-state index in [0.29, 0.717) is 6.04 Å². The van der Waals surface area contributed by atoms with Crippen molar-refractivity contribution in [2.75, 3.05) is 6.54 Å². The van der Waals surface area contributed by atoms with Crippen molar-refractivity contribution in [3.05, 3.63) is 34.0 Å². The molecule has 1 N–H and O–H groups in total. The third kappa shape index (κ3) is 3.42. The Bertz CT molecular complexity index is 503. The summed E-state index contributed by atoms with van der Waals surface area (Å²) in [6.45, 7) is 8.38. The molecule has 0 amide bonds. The zero-order valence-corrected chi connectivity index (χ0v) is 12.7. The van der Waals surface area contributed by atoms with Gasteiger partial charge in [-0.1, -0.05) is 6.92 Å². The van der Waals surface area contributed by atoms with E-state index in [9.17, 15) is 0 Å². The van der Waals surface area contributed by atoms with Crippen LogP contribution in [0.15, 0.2) is 17.8 Å². The molecule has 0 aliphatic heterocycles. The summed E-state index contributed by atoms with van der Waals surface area (Å²) in [5.41, 5.74) is 1.36. The van der Waals surface area contributed by atoms with E-state index in [2.05, 4.69) is 47.6 Å². The molecule has 0 aliphatic carbocycles. The van der Waals surface area contributed by atoms with Crippen molar-refractivity contribution < 1.29 is 0 Å². The summed E-state index contributed by atoms with van der Waals surface area (Å²) in [5, 5.41) is 10.0. The second kappa shape index (κ2) is 6.82. The molecule has 0 saturated carbocycles. The Balaban J connectivity index is 2.17. The minimum absolute atomic E-state index is 0.342. The topological polar surface area (TPSA) is 42.7 Å². The summed E-state index contributed by atoms with van der Waals surface area (Å²) >= 11 is 1.82. The highest BCUT2D eigenvalue weighted by Crippen LogP contribution is 2.26. The van der Waals surface area contributed by atoms with Gasteiger partial charge in [0, 0.05) is 23.9 Å². The lowest BCUT2D eigenvalue weighted by atomic mass is 10.1. The fraction of sp³-hybridized carbons (Fsp3) is 0.571. The van der Waals surface area contributed by atoms with Gasteiger partial charge in [-0.25, -0.2) is 4.98 Å². The molecule has 2 aromatic heterocycles. The Labute approximate surface area is 118 Å². The van der Waals surface area contributed by atoms with E-state index in [4.69, 9.17) is 0 Å². The van der Waals surface area contributed by atoms with Crippen LogP contribution in [-0.4, -0.2) is 21.3 Å². The normalized spacial score (nSPS) is 12.8. The van der Waals surface area contributed by atoms with Gasteiger partial charge >= 0.3 is 0 Å². The third-order valence-electron chi connectivity index (χ3n) is 3.24. The Morgan fingerprint density at radius 2 is 2.26 bits per heavy atom. The van der Waals surface area contributed by atoms with Crippen molar-refractivity contribution in [3.8, 4) is 0 Å². The summed E-state index contributed by atoms with van der Waals surface area (Å²) in [4.78, 5) is 5.81. The molecular formula is C14H22N4S. The molecule has 19 heavy (non-hydrogen) atoms. The Morgan fingerprint density at radius 1 is 1.42 bits per heavy atom. The highest BCUT2D eigenvalue weighted by atomic mass is 32.1. The van der Waals surface area contributed by atoms with Gasteiger partial charge in [0.05, 0.1) is 0 Å². The molecule has 4 nitrogen and oxygen atoms in total. The Morgan fingerprint density at radius 3 is 2.89 bits per heavy atom. The largest absolute Gasteiger partial charge is 0.309 e. The van der Waals surface area contributed by atoms with Crippen molar-refractivity contribution in [1.29, 1.82) is 0 Å². The molecule has 2 heterocycles.